The molecule has 0 radical (unpaired) electrons. The van der Waals surface area contributed by atoms with Gasteiger partial charge in [0.1, 0.15) is 5.82 Å². The molecule has 0 aliphatic carbocycles. The van der Waals surface area contributed by atoms with Gasteiger partial charge in [-0.2, -0.15) is 0 Å². The Balaban J connectivity index is 2.72. The maximum Gasteiger partial charge on any atom is 0.128 e. The topological polar surface area (TPSA) is 32.3 Å². The Morgan fingerprint density at radius 1 is 1.47 bits per heavy atom. The fraction of sp³-hybridized carbons (Fsp3) is 0.333. The van der Waals surface area contributed by atoms with Crippen molar-refractivity contribution in [3.05, 3.63) is 35.1 Å². The van der Waals surface area contributed by atoms with Gasteiger partial charge < -0.3 is 10.4 Å². The monoisotopic (exact) mass is 207 g/mol. The lowest BCUT2D eigenvalue weighted by Crippen LogP contribution is -2.05. The van der Waals surface area contributed by atoms with Crippen molar-refractivity contribution in [2.24, 2.45) is 0 Å². The molecule has 0 aromatic heterocycles. The van der Waals surface area contributed by atoms with Crippen LogP contribution in [0.5, 0.6) is 0 Å². The van der Waals surface area contributed by atoms with Gasteiger partial charge in [-0.3, -0.25) is 0 Å². The van der Waals surface area contributed by atoms with E-state index < -0.39 is 5.82 Å². The summed E-state index contributed by atoms with van der Waals surface area (Å²) in [6, 6.07) is 4.51. The number of rotatable bonds is 3. The van der Waals surface area contributed by atoms with Gasteiger partial charge in [0, 0.05) is 24.1 Å². The second kappa shape index (κ2) is 6.18. The van der Waals surface area contributed by atoms with Gasteiger partial charge in [-0.1, -0.05) is 11.8 Å². The number of benzene rings is 1. The Kier molecular flexibility index (Phi) is 4.82. The Morgan fingerprint density at radius 2 is 2.27 bits per heavy atom. The molecule has 15 heavy (non-hydrogen) atoms. The molecule has 1 aromatic rings. The van der Waals surface area contributed by atoms with Crippen molar-refractivity contribution in [2.75, 3.05) is 13.6 Å². The normalized spacial score (nSPS) is 9.53. The van der Waals surface area contributed by atoms with E-state index in [0.29, 0.717) is 0 Å². The van der Waals surface area contributed by atoms with E-state index >= 15 is 0 Å². The van der Waals surface area contributed by atoms with E-state index in [1.807, 2.05) is 7.05 Å². The molecule has 0 aliphatic heterocycles. The summed E-state index contributed by atoms with van der Waals surface area (Å²) < 4.78 is 13.0. The number of nitrogens with one attached hydrogen (secondary N) is 1. The molecule has 0 spiro atoms. The molecule has 1 rings (SSSR count). The van der Waals surface area contributed by atoms with Crippen molar-refractivity contribution < 1.29 is 9.50 Å². The Hall–Kier alpha value is -1.37. The zero-order chi connectivity index (χ0) is 11.1. The molecule has 0 bridgehead atoms. The molecule has 80 valence electrons. The van der Waals surface area contributed by atoms with Gasteiger partial charge in [0.05, 0.1) is 6.61 Å². The highest BCUT2D eigenvalue weighted by Crippen LogP contribution is 2.09. The molecule has 0 saturated heterocycles. The quantitative estimate of drug-likeness (QED) is 0.578. The largest absolute Gasteiger partial charge is 0.392 e. The standard InChI is InChI=1S/C12H14FNO/c1-14-7-3-2-4-10-5-6-12(13)11(8-10)9-15/h5-6,8,14-15H,3,7,9H2,1H3. The summed E-state index contributed by atoms with van der Waals surface area (Å²) in [5, 5.41) is 11.8. The zero-order valence-corrected chi connectivity index (χ0v) is 8.68. The van der Waals surface area contributed by atoms with Crippen molar-refractivity contribution in [1.82, 2.24) is 5.32 Å². The van der Waals surface area contributed by atoms with E-state index in [1.54, 1.807) is 12.1 Å². The van der Waals surface area contributed by atoms with Crippen LogP contribution in [-0.2, 0) is 6.61 Å². The first-order chi connectivity index (χ1) is 7.27. The predicted molar refractivity (Wildman–Crippen MR) is 57.7 cm³/mol. The molecule has 1 aromatic carbocycles. The van der Waals surface area contributed by atoms with Crippen molar-refractivity contribution in [1.29, 1.82) is 0 Å². The van der Waals surface area contributed by atoms with Gasteiger partial charge in [-0.15, -0.1) is 0 Å². The first-order valence-electron chi connectivity index (χ1n) is 4.80. The first-order valence-corrected chi connectivity index (χ1v) is 4.80. The van der Waals surface area contributed by atoms with Crippen LogP contribution in [0.15, 0.2) is 18.2 Å². The van der Waals surface area contributed by atoms with Gasteiger partial charge >= 0.3 is 0 Å². The van der Waals surface area contributed by atoms with Crippen LogP contribution in [0.2, 0.25) is 0 Å². The third-order valence-electron chi connectivity index (χ3n) is 1.95. The van der Waals surface area contributed by atoms with Crippen molar-refractivity contribution in [3.63, 3.8) is 0 Å². The average Bonchev–Trinajstić information content (AvgIpc) is 2.26. The molecule has 0 heterocycles. The summed E-state index contributed by atoms with van der Waals surface area (Å²) in [4.78, 5) is 0. The molecule has 0 unspecified atom stereocenters. The molecule has 0 aliphatic rings. The van der Waals surface area contributed by atoms with Gasteiger partial charge in [0.25, 0.3) is 0 Å². The van der Waals surface area contributed by atoms with E-state index in [-0.39, 0.29) is 12.2 Å². The molecule has 0 fully saturated rings. The van der Waals surface area contributed by atoms with Gasteiger partial charge in [-0.05, 0) is 25.2 Å². The van der Waals surface area contributed by atoms with Crippen LogP contribution in [0, 0.1) is 17.7 Å². The van der Waals surface area contributed by atoms with E-state index in [1.165, 1.54) is 6.07 Å². The highest BCUT2D eigenvalue weighted by atomic mass is 19.1. The average molecular weight is 207 g/mol. The Labute approximate surface area is 89.1 Å². The minimum absolute atomic E-state index is 0.287. The van der Waals surface area contributed by atoms with Gasteiger partial charge in [-0.25, -0.2) is 4.39 Å². The molecule has 2 N–H and O–H groups in total. The lowest BCUT2D eigenvalue weighted by Gasteiger charge is -1.98. The van der Waals surface area contributed by atoms with Crippen molar-refractivity contribution in [3.8, 4) is 11.8 Å². The first kappa shape index (κ1) is 11.7. The summed E-state index contributed by atoms with van der Waals surface area (Å²) in [6.45, 7) is 0.541. The zero-order valence-electron chi connectivity index (χ0n) is 8.68. The van der Waals surface area contributed by atoms with Crippen LogP contribution in [0.25, 0.3) is 0 Å². The van der Waals surface area contributed by atoms with Crippen LogP contribution in [0.3, 0.4) is 0 Å². The molecule has 2 nitrogen and oxygen atoms in total. The molecular formula is C12H14FNO. The second-order valence-corrected chi connectivity index (χ2v) is 3.12. The third kappa shape index (κ3) is 3.70. The minimum Gasteiger partial charge on any atom is -0.392 e. The molecule has 0 saturated carbocycles. The maximum atomic E-state index is 13.0. The smallest absolute Gasteiger partial charge is 0.128 e. The number of hydrogen-bond donors (Lipinski definition) is 2. The van der Waals surface area contributed by atoms with Crippen molar-refractivity contribution >= 4 is 0 Å². The van der Waals surface area contributed by atoms with Crippen LogP contribution in [0.4, 0.5) is 4.39 Å². The van der Waals surface area contributed by atoms with E-state index in [0.717, 1.165) is 18.5 Å². The third-order valence-corrected chi connectivity index (χ3v) is 1.95. The van der Waals surface area contributed by atoms with Crippen LogP contribution in [-0.4, -0.2) is 18.7 Å². The summed E-state index contributed by atoms with van der Waals surface area (Å²) in [7, 11) is 1.86. The number of hydrogen-bond acceptors (Lipinski definition) is 2. The second-order valence-electron chi connectivity index (χ2n) is 3.12. The van der Waals surface area contributed by atoms with E-state index in [9.17, 15) is 4.39 Å². The van der Waals surface area contributed by atoms with Crippen molar-refractivity contribution in [2.45, 2.75) is 13.0 Å². The summed E-state index contributed by atoms with van der Waals surface area (Å²) in [5.41, 5.74) is 1.02. The SMILES string of the molecule is CNCCC#Cc1ccc(F)c(CO)c1. The van der Waals surface area contributed by atoms with Gasteiger partial charge in [0.15, 0.2) is 0 Å². The van der Waals surface area contributed by atoms with Gasteiger partial charge in [0.2, 0.25) is 0 Å². The summed E-state index contributed by atoms with van der Waals surface area (Å²) in [5.74, 6) is 5.48. The highest BCUT2D eigenvalue weighted by molar-refractivity contribution is 5.37. The minimum atomic E-state index is -0.390. The van der Waals surface area contributed by atoms with Crippen LogP contribution >= 0.6 is 0 Å². The Bertz CT molecular complexity index is 379. The number of aliphatic hydroxyl groups excluding tert-OH is 1. The fourth-order valence-electron chi connectivity index (χ4n) is 1.13. The lowest BCUT2D eigenvalue weighted by atomic mass is 10.1. The van der Waals surface area contributed by atoms with E-state index in [4.69, 9.17) is 5.11 Å². The number of aliphatic hydroxyl groups is 1. The lowest BCUT2D eigenvalue weighted by molar-refractivity contribution is 0.275. The Morgan fingerprint density at radius 3 is 2.93 bits per heavy atom. The predicted octanol–water partition coefficient (Wildman–Crippen LogP) is 1.28. The molecule has 0 atom stereocenters. The maximum absolute atomic E-state index is 13.0. The molecule has 0 amide bonds. The molecular weight excluding hydrogens is 193 g/mol. The summed E-state index contributed by atoms with van der Waals surface area (Å²) >= 11 is 0. The van der Waals surface area contributed by atoms with E-state index in [2.05, 4.69) is 17.2 Å². The highest BCUT2D eigenvalue weighted by Gasteiger charge is 2.00. The summed E-state index contributed by atoms with van der Waals surface area (Å²) in [6.07, 6.45) is 0.752. The number of halogens is 1. The molecule has 3 heteroatoms. The fourth-order valence-corrected chi connectivity index (χ4v) is 1.13. The van der Waals surface area contributed by atoms with Crippen LogP contribution in [0.1, 0.15) is 17.5 Å². The van der Waals surface area contributed by atoms with Crippen LogP contribution < -0.4 is 5.32 Å².